The third-order valence-electron chi connectivity index (χ3n) is 4.74. The number of aliphatic carboxylic acids is 1. The Morgan fingerprint density at radius 2 is 1.55 bits per heavy atom. The predicted molar refractivity (Wildman–Crippen MR) is 86.8 cm³/mol. The third-order valence-corrected chi connectivity index (χ3v) is 4.74. The van der Waals surface area contributed by atoms with Crippen LogP contribution in [0, 0.1) is 28.6 Å². The second kappa shape index (κ2) is 7.47. The number of carboxylic acids is 1. The first kappa shape index (κ1) is 19.5. The summed E-state index contributed by atoms with van der Waals surface area (Å²) in [4.78, 5) is 11.0. The van der Waals surface area contributed by atoms with E-state index < -0.39 is 5.97 Å². The highest BCUT2D eigenvalue weighted by molar-refractivity contribution is 5.69. The Bertz CT molecular complexity index is 299. The van der Waals surface area contributed by atoms with E-state index in [1.165, 1.54) is 12.8 Å². The molecule has 0 aromatic heterocycles. The maximum absolute atomic E-state index is 11.0. The molecule has 0 aliphatic heterocycles. The molecule has 0 saturated carbocycles. The number of carboxylic acid groups (broad SMARTS) is 1. The van der Waals surface area contributed by atoms with E-state index in [1.807, 2.05) is 6.92 Å². The van der Waals surface area contributed by atoms with Crippen LogP contribution >= 0.6 is 0 Å². The lowest BCUT2D eigenvalue weighted by atomic mass is 9.66. The fraction of sp³-hybridized carbons (Fsp3) is 0.944. The van der Waals surface area contributed by atoms with Gasteiger partial charge in [0.15, 0.2) is 0 Å². The Balaban J connectivity index is 4.77. The van der Waals surface area contributed by atoms with Gasteiger partial charge in [-0.25, -0.2) is 0 Å². The fourth-order valence-electron chi connectivity index (χ4n) is 2.99. The van der Waals surface area contributed by atoms with E-state index in [9.17, 15) is 4.79 Å². The minimum atomic E-state index is -0.668. The zero-order valence-corrected chi connectivity index (χ0v) is 14.9. The molecule has 3 atom stereocenters. The zero-order valence-electron chi connectivity index (χ0n) is 14.9. The predicted octanol–water partition coefficient (Wildman–Crippen LogP) is 5.61. The molecular weight excluding hydrogens is 248 g/mol. The highest BCUT2D eigenvalue weighted by atomic mass is 16.4. The molecule has 120 valence electrons. The van der Waals surface area contributed by atoms with Gasteiger partial charge in [-0.3, -0.25) is 4.79 Å². The monoisotopic (exact) mass is 284 g/mol. The largest absolute Gasteiger partial charge is 0.481 e. The quantitative estimate of drug-likeness (QED) is 0.629. The summed E-state index contributed by atoms with van der Waals surface area (Å²) in [6.45, 7) is 17.9. The topological polar surface area (TPSA) is 37.3 Å². The lowest BCUT2D eigenvalue weighted by molar-refractivity contribution is -0.141. The van der Waals surface area contributed by atoms with Gasteiger partial charge in [-0.1, -0.05) is 61.8 Å². The van der Waals surface area contributed by atoms with Gasteiger partial charge in [0.2, 0.25) is 0 Å². The number of hydrogen-bond acceptors (Lipinski definition) is 1. The molecule has 1 N–H and O–H groups in total. The summed E-state index contributed by atoms with van der Waals surface area (Å²) < 4.78 is 0. The minimum absolute atomic E-state index is 0.231. The Labute approximate surface area is 126 Å². The molecule has 0 aliphatic carbocycles. The van der Waals surface area contributed by atoms with E-state index >= 15 is 0 Å². The van der Waals surface area contributed by atoms with Crippen molar-refractivity contribution in [2.24, 2.45) is 28.6 Å². The summed E-state index contributed by atoms with van der Waals surface area (Å²) in [5.74, 6) is 0.228. The van der Waals surface area contributed by atoms with E-state index in [-0.39, 0.29) is 5.92 Å². The van der Waals surface area contributed by atoms with Gasteiger partial charge in [0.05, 0.1) is 5.92 Å². The van der Waals surface area contributed by atoms with Crippen LogP contribution in [0.5, 0.6) is 0 Å². The molecule has 0 aromatic rings. The van der Waals surface area contributed by atoms with Crippen LogP contribution in [-0.2, 0) is 4.79 Å². The maximum Gasteiger partial charge on any atom is 0.306 e. The normalized spacial score (nSPS) is 17.6. The maximum atomic E-state index is 11.0. The first-order valence-corrected chi connectivity index (χ1v) is 8.12. The third kappa shape index (κ3) is 7.31. The van der Waals surface area contributed by atoms with Crippen LogP contribution in [0.4, 0.5) is 0 Å². The van der Waals surface area contributed by atoms with Crippen molar-refractivity contribution < 1.29 is 9.90 Å². The fourth-order valence-corrected chi connectivity index (χ4v) is 2.99. The van der Waals surface area contributed by atoms with Crippen molar-refractivity contribution in [3.05, 3.63) is 0 Å². The van der Waals surface area contributed by atoms with E-state index in [2.05, 4.69) is 48.5 Å². The zero-order chi connectivity index (χ0) is 16.1. The first-order valence-electron chi connectivity index (χ1n) is 8.12. The van der Waals surface area contributed by atoms with Gasteiger partial charge < -0.3 is 5.11 Å². The number of carbonyl (C=O) groups is 1. The molecule has 0 aliphatic rings. The second-order valence-electron chi connectivity index (χ2n) is 8.62. The molecule has 0 fully saturated rings. The molecule has 2 nitrogen and oxygen atoms in total. The van der Waals surface area contributed by atoms with Gasteiger partial charge in [0, 0.05) is 0 Å². The van der Waals surface area contributed by atoms with Crippen LogP contribution in [0.2, 0.25) is 0 Å². The molecular formula is C18H36O2. The first-order chi connectivity index (χ1) is 8.89. The van der Waals surface area contributed by atoms with Gasteiger partial charge >= 0.3 is 5.97 Å². The van der Waals surface area contributed by atoms with Crippen molar-refractivity contribution in [3.8, 4) is 0 Å². The highest BCUT2D eigenvalue weighted by Crippen LogP contribution is 2.42. The van der Waals surface area contributed by atoms with E-state index in [0.29, 0.717) is 22.7 Å². The molecule has 20 heavy (non-hydrogen) atoms. The van der Waals surface area contributed by atoms with Crippen molar-refractivity contribution in [1.29, 1.82) is 0 Å². The van der Waals surface area contributed by atoms with E-state index in [4.69, 9.17) is 5.11 Å². The molecule has 0 aromatic carbocycles. The Hall–Kier alpha value is -0.530. The average Bonchev–Trinajstić information content (AvgIpc) is 2.25. The Kier molecular flexibility index (Phi) is 7.27. The van der Waals surface area contributed by atoms with Crippen LogP contribution in [-0.4, -0.2) is 11.1 Å². The van der Waals surface area contributed by atoms with Crippen LogP contribution in [0.1, 0.15) is 81.1 Å². The Morgan fingerprint density at radius 3 is 1.90 bits per heavy atom. The van der Waals surface area contributed by atoms with Crippen molar-refractivity contribution in [2.75, 3.05) is 0 Å². The van der Waals surface area contributed by atoms with Crippen LogP contribution < -0.4 is 0 Å². The summed E-state index contributed by atoms with van der Waals surface area (Å²) in [5.41, 5.74) is 0.656. The van der Waals surface area contributed by atoms with Crippen molar-refractivity contribution in [2.45, 2.75) is 81.1 Å². The molecule has 0 heterocycles. The van der Waals surface area contributed by atoms with Gasteiger partial charge in [0.25, 0.3) is 0 Å². The average molecular weight is 284 g/mol. The summed E-state index contributed by atoms with van der Waals surface area (Å²) in [5, 5.41) is 9.06. The van der Waals surface area contributed by atoms with E-state index in [0.717, 1.165) is 12.8 Å². The molecule has 0 saturated heterocycles. The standard InChI is InChI=1S/C18H36O2/c1-9-18(7,8)15(12-17(4,5)6)11-13(2)10-14(3)16(19)20/h13-15H,9-12H2,1-8H3,(H,19,20). The number of hydrogen-bond donors (Lipinski definition) is 1. The smallest absolute Gasteiger partial charge is 0.306 e. The van der Waals surface area contributed by atoms with Crippen LogP contribution in [0.25, 0.3) is 0 Å². The Morgan fingerprint density at radius 1 is 1.05 bits per heavy atom. The lowest BCUT2D eigenvalue weighted by Gasteiger charge is -2.39. The summed E-state index contributed by atoms with van der Waals surface area (Å²) in [6.07, 6.45) is 4.31. The molecule has 3 unspecified atom stereocenters. The highest BCUT2D eigenvalue weighted by Gasteiger charge is 2.32. The molecule has 0 radical (unpaired) electrons. The van der Waals surface area contributed by atoms with Gasteiger partial charge in [-0.2, -0.15) is 0 Å². The van der Waals surface area contributed by atoms with Gasteiger partial charge in [0.1, 0.15) is 0 Å². The summed E-state index contributed by atoms with van der Waals surface area (Å²) in [7, 11) is 0. The molecule has 0 rings (SSSR count). The second-order valence-corrected chi connectivity index (χ2v) is 8.62. The van der Waals surface area contributed by atoms with Crippen molar-refractivity contribution in [3.63, 3.8) is 0 Å². The van der Waals surface area contributed by atoms with Gasteiger partial charge in [-0.15, -0.1) is 0 Å². The summed E-state index contributed by atoms with van der Waals surface area (Å²) >= 11 is 0. The number of rotatable bonds is 8. The minimum Gasteiger partial charge on any atom is -0.481 e. The molecule has 2 heteroatoms. The van der Waals surface area contributed by atoms with E-state index in [1.54, 1.807) is 0 Å². The lowest BCUT2D eigenvalue weighted by Crippen LogP contribution is -2.29. The van der Waals surface area contributed by atoms with Gasteiger partial charge in [-0.05, 0) is 41.9 Å². The SMILES string of the molecule is CCC(C)(C)C(CC(C)CC(C)C(=O)O)CC(C)(C)C. The molecule has 0 bridgehead atoms. The van der Waals surface area contributed by atoms with Crippen molar-refractivity contribution >= 4 is 5.97 Å². The molecule has 0 spiro atoms. The van der Waals surface area contributed by atoms with Crippen LogP contribution in [0.3, 0.4) is 0 Å². The summed E-state index contributed by atoms with van der Waals surface area (Å²) in [6, 6.07) is 0. The van der Waals surface area contributed by atoms with Crippen molar-refractivity contribution in [1.82, 2.24) is 0 Å². The van der Waals surface area contributed by atoms with Crippen LogP contribution in [0.15, 0.2) is 0 Å². The molecule has 0 amide bonds.